The Balaban J connectivity index is 1.42. The van der Waals surface area contributed by atoms with E-state index in [-0.39, 0.29) is 24.4 Å². The number of nitrogens with zero attached hydrogens (tertiary/aromatic N) is 2. The molecule has 35 heavy (non-hydrogen) atoms. The van der Waals surface area contributed by atoms with Crippen molar-refractivity contribution >= 4 is 56.5 Å². The first-order valence-electron chi connectivity index (χ1n) is 10.9. The van der Waals surface area contributed by atoms with E-state index in [2.05, 4.69) is 20.9 Å². The van der Waals surface area contributed by atoms with Crippen molar-refractivity contribution in [1.82, 2.24) is 15.6 Å². The number of carbonyl (C=O) groups excluding carboxylic acids is 3. The molecular formula is C25H21N5O4S. The van der Waals surface area contributed by atoms with E-state index in [0.717, 1.165) is 5.75 Å². The summed E-state index contributed by atoms with van der Waals surface area (Å²) in [7, 11) is 0. The summed E-state index contributed by atoms with van der Waals surface area (Å²) < 4.78 is 5.85. The van der Waals surface area contributed by atoms with Crippen LogP contribution < -0.4 is 25.6 Å². The normalized spacial score (nSPS) is 12.3. The first-order valence-corrected chi connectivity index (χ1v) is 11.7. The topological polar surface area (TPSA) is 113 Å². The van der Waals surface area contributed by atoms with Crippen molar-refractivity contribution in [2.24, 2.45) is 0 Å². The zero-order valence-electron chi connectivity index (χ0n) is 18.7. The van der Waals surface area contributed by atoms with Gasteiger partial charge in [-0.2, -0.15) is 0 Å². The van der Waals surface area contributed by atoms with Crippen LogP contribution in [0.15, 0.2) is 66.9 Å². The third kappa shape index (κ3) is 4.51. The van der Waals surface area contributed by atoms with E-state index < -0.39 is 0 Å². The second-order valence-electron chi connectivity index (χ2n) is 7.73. The van der Waals surface area contributed by atoms with Gasteiger partial charge < -0.3 is 20.7 Å². The van der Waals surface area contributed by atoms with Gasteiger partial charge in [-0.05, 0) is 42.5 Å². The number of anilines is 3. The number of nitrogens with one attached hydrogen (secondary N) is 3. The SMILES string of the molecule is CC(=O)NCCNC(=O)c1sc2nccc3c2c1NC(=O)N3c1ccc(Oc2ccccc2)cc1. The Labute approximate surface area is 204 Å². The van der Waals surface area contributed by atoms with Gasteiger partial charge in [0.1, 0.15) is 21.2 Å². The number of pyridine rings is 1. The molecule has 0 fully saturated rings. The van der Waals surface area contributed by atoms with E-state index in [9.17, 15) is 14.4 Å². The van der Waals surface area contributed by atoms with Gasteiger partial charge >= 0.3 is 6.03 Å². The number of thiophene rings is 1. The molecule has 10 heteroatoms. The van der Waals surface area contributed by atoms with E-state index in [1.54, 1.807) is 41.4 Å². The van der Waals surface area contributed by atoms with Crippen LogP contribution in [0.5, 0.6) is 11.5 Å². The molecule has 4 amide bonds. The quantitative estimate of drug-likeness (QED) is 0.329. The highest BCUT2D eigenvalue weighted by atomic mass is 32.1. The smallest absolute Gasteiger partial charge is 0.331 e. The third-order valence-corrected chi connectivity index (χ3v) is 6.41. The number of urea groups is 1. The molecule has 0 aliphatic carbocycles. The van der Waals surface area contributed by atoms with Crippen molar-refractivity contribution in [2.75, 3.05) is 23.3 Å². The Hall–Kier alpha value is -4.44. The fraction of sp³-hybridized carbons (Fsp3) is 0.120. The van der Waals surface area contributed by atoms with Crippen LogP contribution in [0.1, 0.15) is 16.6 Å². The Morgan fingerprint density at radius 2 is 1.71 bits per heavy atom. The van der Waals surface area contributed by atoms with E-state index in [1.807, 2.05) is 30.3 Å². The van der Waals surface area contributed by atoms with Crippen LogP contribution >= 0.6 is 11.3 Å². The van der Waals surface area contributed by atoms with Gasteiger partial charge in [-0.3, -0.25) is 14.5 Å². The molecule has 0 spiro atoms. The number of amides is 4. The predicted molar refractivity (Wildman–Crippen MR) is 135 cm³/mol. The van der Waals surface area contributed by atoms with Gasteiger partial charge in [0.15, 0.2) is 0 Å². The van der Waals surface area contributed by atoms with Crippen LogP contribution in [-0.4, -0.2) is 35.9 Å². The average molecular weight is 488 g/mol. The van der Waals surface area contributed by atoms with Crippen molar-refractivity contribution in [3.05, 3.63) is 71.7 Å². The van der Waals surface area contributed by atoms with Crippen molar-refractivity contribution < 1.29 is 19.1 Å². The molecule has 1 aliphatic heterocycles. The van der Waals surface area contributed by atoms with Crippen LogP contribution in [0.4, 0.5) is 21.9 Å². The largest absolute Gasteiger partial charge is 0.457 e. The second kappa shape index (κ2) is 9.43. The van der Waals surface area contributed by atoms with E-state index in [4.69, 9.17) is 4.74 Å². The molecule has 9 nitrogen and oxygen atoms in total. The molecule has 0 unspecified atom stereocenters. The molecule has 2 aromatic carbocycles. The average Bonchev–Trinajstić information content (AvgIpc) is 3.23. The molecule has 0 saturated carbocycles. The number of hydrogen-bond acceptors (Lipinski definition) is 6. The van der Waals surface area contributed by atoms with E-state index in [1.165, 1.54) is 18.3 Å². The van der Waals surface area contributed by atoms with Crippen molar-refractivity contribution in [3.8, 4) is 11.5 Å². The summed E-state index contributed by atoms with van der Waals surface area (Å²) >= 11 is 1.21. The summed E-state index contributed by atoms with van der Waals surface area (Å²) in [6.07, 6.45) is 1.62. The van der Waals surface area contributed by atoms with Crippen molar-refractivity contribution in [3.63, 3.8) is 0 Å². The molecule has 1 aliphatic rings. The number of aromatic nitrogens is 1. The third-order valence-electron chi connectivity index (χ3n) is 5.31. The Morgan fingerprint density at radius 3 is 2.46 bits per heavy atom. The van der Waals surface area contributed by atoms with Crippen LogP contribution in [0.3, 0.4) is 0 Å². The van der Waals surface area contributed by atoms with Gasteiger partial charge in [0.05, 0.1) is 22.4 Å². The molecule has 0 radical (unpaired) electrons. The van der Waals surface area contributed by atoms with Crippen LogP contribution in [-0.2, 0) is 4.79 Å². The maximum atomic E-state index is 13.2. The number of rotatable bonds is 7. The Morgan fingerprint density at radius 1 is 1.00 bits per heavy atom. The van der Waals surface area contributed by atoms with Crippen LogP contribution in [0.2, 0.25) is 0 Å². The van der Waals surface area contributed by atoms with Gasteiger partial charge in [0.25, 0.3) is 5.91 Å². The van der Waals surface area contributed by atoms with Crippen molar-refractivity contribution in [1.29, 1.82) is 0 Å². The molecule has 3 heterocycles. The van der Waals surface area contributed by atoms with E-state index >= 15 is 0 Å². The monoisotopic (exact) mass is 487 g/mol. The predicted octanol–water partition coefficient (Wildman–Crippen LogP) is 4.64. The number of para-hydroxylation sites is 1. The fourth-order valence-corrected chi connectivity index (χ4v) is 4.82. The summed E-state index contributed by atoms with van der Waals surface area (Å²) in [6, 6.07) is 18.0. The Kier molecular flexibility index (Phi) is 6.02. The lowest BCUT2D eigenvalue weighted by atomic mass is 10.1. The maximum Gasteiger partial charge on any atom is 0.331 e. The lowest BCUT2D eigenvalue weighted by Crippen LogP contribution is -2.36. The zero-order valence-corrected chi connectivity index (χ0v) is 19.5. The summed E-state index contributed by atoms with van der Waals surface area (Å²) in [5.41, 5.74) is 1.73. The molecule has 176 valence electrons. The van der Waals surface area contributed by atoms with Crippen LogP contribution in [0, 0.1) is 0 Å². The fourth-order valence-electron chi connectivity index (χ4n) is 3.78. The molecule has 4 aromatic rings. The second-order valence-corrected chi connectivity index (χ2v) is 8.73. The minimum absolute atomic E-state index is 0.169. The number of benzene rings is 2. The van der Waals surface area contributed by atoms with Gasteiger partial charge in [-0.15, -0.1) is 11.3 Å². The molecular weight excluding hydrogens is 466 g/mol. The summed E-state index contributed by atoms with van der Waals surface area (Å²) in [5.74, 6) is 0.858. The van der Waals surface area contributed by atoms with Gasteiger partial charge in [0.2, 0.25) is 5.91 Å². The first-order chi connectivity index (χ1) is 17.0. The molecule has 5 rings (SSSR count). The highest BCUT2D eigenvalue weighted by molar-refractivity contribution is 7.21. The Bertz CT molecular complexity index is 1420. The standard InChI is InChI=1S/C25H21N5O4S/c1-15(31)26-13-14-27-23(32)22-21-20-19(11-12-28-24(20)35-22)30(25(33)29-21)16-7-9-18(10-8-16)34-17-5-3-2-4-6-17/h2-12H,13-14H2,1H3,(H,26,31)(H,27,32)(H,29,33). The lowest BCUT2D eigenvalue weighted by molar-refractivity contribution is -0.118. The summed E-state index contributed by atoms with van der Waals surface area (Å²) in [6.45, 7) is 2.00. The zero-order chi connectivity index (χ0) is 24.4. The van der Waals surface area contributed by atoms with Crippen LogP contribution in [0.25, 0.3) is 10.2 Å². The summed E-state index contributed by atoms with van der Waals surface area (Å²) in [4.78, 5) is 43.9. The first kappa shape index (κ1) is 22.4. The van der Waals surface area contributed by atoms with Gasteiger partial charge in [-0.25, -0.2) is 9.78 Å². The highest BCUT2D eigenvalue weighted by Gasteiger charge is 2.32. The van der Waals surface area contributed by atoms with Crippen molar-refractivity contribution in [2.45, 2.75) is 6.92 Å². The lowest BCUT2D eigenvalue weighted by Gasteiger charge is -2.28. The maximum absolute atomic E-state index is 13.2. The van der Waals surface area contributed by atoms with Gasteiger partial charge in [0, 0.05) is 26.2 Å². The number of hydrogen-bond donors (Lipinski definition) is 3. The van der Waals surface area contributed by atoms with Gasteiger partial charge in [-0.1, -0.05) is 18.2 Å². The summed E-state index contributed by atoms with van der Waals surface area (Å²) in [5, 5.41) is 8.96. The molecule has 0 saturated heterocycles. The van der Waals surface area contributed by atoms with E-state index in [0.29, 0.717) is 44.5 Å². The molecule has 0 bridgehead atoms. The highest BCUT2D eigenvalue weighted by Crippen LogP contribution is 2.45. The minimum Gasteiger partial charge on any atom is -0.457 e. The minimum atomic E-state index is -0.382. The number of ether oxygens (including phenoxy) is 1. The molecule has 2 aromatic heterocycles. The number of carbonyl (C=O) groups is 3. The molecule has 0 atom stereocenters. The molecule has 3 N–H and O–H groups in total.